The van der Waals surface area contributed by atoms with Crippen molar-refractivity contribution in [2.45, 2.75) is 76.7 Å². The second-order valence-electron chi connectivity index (χ2n) is 6.23. The second kappa shape index (κ2) is 5.10. The second-order valence-corrected chi connectivity index (χ2v) is 6.23. The van der Waals surface area contributed by atoms with Crippen molar-refractivity contribution < 1.29 is 9.47 Å². The fraction of sp³-hybridized carbons (Fsp3) is 1.00. The van der Waals surface area contributed by atoms with Crippen molar-refractivity contribution in [1.82, 2.24) is 5.32 Å². The van der Waals surface area contributed by atoms with Gasteiger partial charge in [0.2, 0.25) is 0 Å². The summed E-state index contributed by atoms with van der Waals surface area (Å²) >= 11 is 0. The van der Waals surface area contributed by atoms with Gasteiger partial charge in [-0.3, -0.25) is 0 Å². The van der Waals surface area contributed by atoms with Gasteiger partial charge in [-0.05, 0) is 46.0 Å². The van der Waals surface area contributed by atoms with Crippen LogP contribution in [0.5, 0.6) is 0 Å². The maximum Gasteiger partial charge on any atom is 0.0661 e. The summed E-state index contributed by atoms with van der Waals surface area (Å²) in [6, 6.07) is 1.42. The minimum Gasteiger partial charge on any atom is -0.378 e. The third-order valence-electron chi connectivity index (χ3n) is 5.37. The largest absolute Gasteiger partial charge is 0.378 e. The van der Waals surface area contributed by atoms with Gasteiger partial charge in [-0.1, -0.05) is 6.42 Å². The molecular formula is C15H27NO2. The fourth-order valence-corrected chi connectivity index (χ4v) is 4.03. The quantitative estimate of drug-likeness (QED) is 0.789. The van der Waals surface area contributed by atoms with Crippen LogP contribution < -0.4 is 5.32 Å². The van der Waals surface area contributed by atoms with Crippen LogP contribution in [0.4, 0.5) is 0 Å². The summed E-state index contributed by atoms with van der Waals surface area (Å²) < 4.78 is 11.5. The van der Waals surface area contributed by atoms with Crippen LogP contribution in [0.1, 0.15) is 52.4 Å². The van der Waals surface area contributed by atoms with Crippen molar-refractivity contribution in [2.75, 3.05) is 13.2 Å². The Balaban J connectivity index is 1.45. The third-order valence-corrected chi connectivity index (χ3v) is 5.37. The van der Waals surface area contributed by atoms with E-state index >= 15 is 0 Å². The minimum atomic E-state index is 0.507. The van der Waals surface area contributed by atoms with Gasteiger partial charge in [0.05, 0.1) is 12.2 Å². The van der Waals surface area contributed by atoms with E-state index in [2.05, 4.69) is 19.2 Å². The Kier molecular flexibility index (Phi) is 3.65. The molecule has 1 N–H and O–H groups in total. The van der Waals surface area contributed by atoms with Crippen molar-refractivity contribution in [3.05, 3.63) is 0 Å². The molecule has 1 spiro atoms. The van der Waals surface area contributed by atoms with Crippen LogP contribution in [0.2, 0.25) is 0 Å². The molecule has 3 aliphatic rings. The first-order chi connectivity index (χ1) is 8.78. The molecule has 0 aliphatic heterocycles. The summed E-state index contributed by atoms with van der Waals surface area (Å²) in [5, 5.41) is 3.86. The SMILES string of the molecule is CCOC1CC(NC2CC(OCC)C23CCC3)C1. The van der Waals surface area contributed by atoms with E-state index in [1.165, 1.54) is 38.5 Å². The number of hydrogen-bond acceptors (Lipinski definition) is 3. The van der Waals surface area contributed by atoms with Crippen LogP contribution in [-0.4, -0.2) is 37.5 Å². The first kappa shape index (κ1) is 12.9. The molecule has 3 heteroatoms. The van der Waals surface area contributed by atoms with Gasteiger partial charge < -0.3 is 14.8 Å². The maximum absolute atomic E-state index is 5.89. The average molecular weight is 253 g/mol. The van der Waals surface area contributed by atoms with Crippen LogP contribution in [-0.2, 0) is 9.47 Å². The zero-order chi connectivity index (χ0) is 12.6. The molecule has 18 heavy (non-hydrogen) atoms. The van der Waals surface area contributed by atoms with Crippen molar-refractivity contribution in [2.24, 2.45) is 5.41 Å². The van der Waals surface area contributed by atoms with Gasteiger partial charge in [0.15, 0.2) is 0 Å². The Morgan fingerprint density at radius 2 is 1.78 bits per heavy atom. The highest BCUT2D eigenvalue weighted by Crippen LogP contribution is 2.57. The lowest BCUT2D eigenvalue weighted by Gasteiger charge is -2.62. The Morgan fingerprint density at radius 1 is 1.06 bits per heavy atom. The summed E-state index contributed by atoms with van der Waals surface area (Å²) in [5.74, 6) is 0. The van der Waals surface area contributed by atoms with Gasteiger partial charge in [0, 0.05) is 30.7 Å². The van der Waals surface area contributed by atoms with Crippen molar-refractivity contribution in [1.29, 1.82) is 0 Å². The fourth-order valence-electron chi connectivity index (χ4n) is 4.03. The molecule has 0 bridgehead atoms. The molecule has 3 saturated carbocycles. The smallest absolute Gasteiger partial charge is 0.0661 e. The van der Waals surface area contributed by atoms with Crippen molar-refractivity contribution in [3.63, 3.8) is 0 Å². The van der Waals surface area contributed by atoms with Crippen LogP contribution >= 0.6 is 0 Å². The molecule has 2 atom stereocenters. The highest BCUT2D eigenvalue weighted by atomic mass is 16.5. The predicted molar refractivity (Wildman–Crippen MR) is 71.7 cm³/mol. The topological polar surface area (TPSA) is 30.5 Å². The zero-order valence-corrected chi connectivity index (χ0v) is 11.8. The van der Waals surface area contributed by atoms with E-state index in [-0.39, 0.29) is 0 Å². The lowest BCUT2D eigenvalue weighted by molar-refractivity contribution is -0.178. The highest BCUT2D eigenvalue weighted by molar-refractivity contribution is 5.13. The van der Waals surface area contributed by atoms with Gasteiger partial charge in [0.25, 0.3) is 0 Å². The van der Waals surface area contributed by atoms with Gasteiger partial charge >= 0.3 is 0 Å². The standard InChI is InChI=1S/C15H27NO2/c1-3-17-12-8-11(9-12)16-13-10-14(18-4-2)15(13)6-5-7-15/h11-14,16H,3-10H2,1-2H3. The first-order valence-corrected chi connectivity index (χ1v) is 7.77. The molecule has 3 fully saturated rings. The normalized spacial score (nSPS) is 41.0. The minimum absolute atomic E-state index is 0.507. The molecule has 3 aliphatic carbocycles. The molecule has 0 radical (unpaired) electrons. The molecular weight excluding hydrogens is 226 g/mol. The van der Waals surface area contributed by atoms with Crippen LogP contribution in [0, 0.1) is 5.41 Å². The number of nitrogens with one attached hydrogen (secondary N) is 1. The predicted octanol–water partition coefficient (Wildman–Crippen LogP) is 2.49. The van der Waals surface area contributed by atoms with Gasteiger partial charge in [-0.2, -0.15) is 0 Å². The molecule has 0 saturated heterocycles. The van der Waals surface area contributed by atoms with E-state index in [0.29, 0.717) is 23.7 Å². The average Bonchev–Trinajstić information content (AvgIpc) is 2.21. The summed E-state index contributed by atoms with van der Waals surface area (Å²) in [7, 11) is 0. The molecule has 2 unspecified atom stereocenters. The van der Waals surface area contributed by atoms with E-state index in [0.717, 1.165) is 19.3 Å². The molecule has 0 aromatic rings. The number of hydrogen-bond donors (Lipinski definition) is 1. The van der Waals surface area contributed by atoms with E-state index in [4.69, 9.17) is 9.47 Å². The van der Waals surface area contributed by atoms with Crippen LogP contribution in [0.25, 0.3) is 0 Å². The number of rotatable bonds is 6. The Hall–Kier alpha value is -0.120. The van der Waals surface area contributed by atoms with Gasteiger partial charge in [0.1, 0.15) is 0 Å². The monoisotopic (exact) mass is 253 g/mol. The number of ether oxygens (including phenoxy) is 2. The summed E-state index contributed by atoms with van der Waals surface area (Å²) in [6.45, 7) is 5.93. The lowest BCUT2D eigenvalue weighted by atomic mass is 9.50. The zero-order valence-electron chi connectivity index (χ0n) is 11.8. The van der Waals surface area contributed by atoms with Crippen molar-refractivity contribution in [3.8, 4) is 0 Å². The highest BCUT2D eigenvalue weighted by Gasteiger charge is 2.59. The molecule has 0 aromatic heterocycles. The van der Waals surface area contributed by atoms with Crippen molar-refractivity contribution >= 4 is 0 Å². The molecule has 3 rings (SSSR count). The van der Waals surface area contributed by atoms with E-state index in [1.807, 2.05) is 0 Å². The molecule has 104 valence electrons. The van der Waals surface area contributed by atoms with Gasteiger partial charge in [-0.15, -0.1) is 0 Å². The van der Waals surface area contributed by atoms with E-state index in [9.17, 15) is 0 Å². The molecule has 0 aromatic carbocycles. The van der Waals surface area contributed by atoms with Crippen LogP contribution in [0.15, 0.2) is 0 Å². The van der Waals surface area contributed by atoms with E-state index < -0.39 is 0 Å². The summed E-state index contributed by atoms with van der Waals surface area (Å²) in [5.41, 5.74) is 0.507. The first-order valence-electron chi connectivity index (χ1n) is 7.77. The van der Waals surface area contributed by atoms with E-state index in [1.54, 1.807) is 0 Å². The Labute approximate surface area is 111 Å². The summed E-state index contributed by atoms with van der Waals surface area (Å²) in [6.07, 6.45) is 8.84. The third kappa shape index (κ3) is 2.00. The Bertz CT molecular complexity index is 284. The molecule has 3 nitrogen and oxygen atoms in total. The molecule has 0 heterocycles. The lowest BCUT2D eigenvalue weighted by Crippen LogP contribution is -2.69. The molecule has 0 amide bonds. The Morgan fingerprint density at radius 3 is 2.33 bits per heavy atom. The van der Waals surface area contributed by atoms with Crippen LogP contribution in [0.3, 0.4) is 0 Å². The van der Waals surface area contributed by atoms with Gasteiger partial charge in [-0.25, -0.2) is 0 Å². The maximum atomic E-state index is 5.89. The summed E-state index contributed by atoms with van der Waals surface area (Å²) in [4.78, 5) is 0.